The lowest BCUT2D eigenvalue weighted by molar-refractivity contribution is -0.132. The Morgan fingerprint density at radius 3 is 2.49 bits per heavy atom. The van der Waals surface area contributed by atoms with Gasteiger partial charge in [0.05, 0.1) is 47.1 Å². The van der Waals surface area contributed by atoms with Crippen molar-refractivity contribution in [3.63, 3.8) is 0 Å². The minimum atomic E-state index is -1.05. The summed E-state index contributed by atoms with van der Waals surface area (Å²) < 4.78 is 10.6. The predicted molar refractivity (Wildman–Crippen MR) is 130 cm³/mol. The number of rotatable bonds is 5. The summed E-state index contributed by atoms with van der Waals surface area (Å²) >= 11 is 6.29. The Kier molecular flexibility index (Phi) is 5.62. The molecule has 0 radical (unpaired) electrons. The average Bonchev–Trinajstić information content (AvgIpc) is 3.42. The van der Waals surface area contributed by atoms with Crippen LogP contribution < -0.4 is 14.4 Å². The zero-order chi connectivity index (χ0) is 24.7. The highest BCUT2D eigenvalue weighted by atomic mass is 35.5. The molecule has 0 saturated carbocycles. The minimum absolute atomic E-state index is 0.127. The molecule has 1 atom stereocenters. The summed E-state index contributed by atoms with van der Waals surface area (Å²) in [5.74, 6) is -1.53. The number of ether oxygens (including phenoxy) is 2. The molecule has 2 aromatic carbocycles. The number of aliphatic hydroxyl groups is 1. The van der Waals surface area contributed by atoms with Crippen molar-refractivity contribution in [2.75, 3.05) is 19.1 Å². The van der Waals surface area contributed by atoms with Gasteiger partial charge in [0.25, 0.3) is 5.78 Å². The number of carbonyl (C=O) groups excluding carboxylic acids is 2. The van der Waals surface area contributed by atoms with Crippen molar-refractivity contribution in [3.05, 3.63) is 82.6 Å². The lowest BCUT2D eigenvalue weighted by Gasteiger charge is -2.22. The molecule has 1 fully saturated rings. The van der Waals surface area contributed by atoms with E-state index in [9.17, 15) is 14.7 Å². The Balaban J connectivity index is 1.75. The molecule has 3 heterocycles. The monoisotopic (exact) mass is 490 g/mol. The molecule has 1 amide bonds. The van der Waals surface area contributed by atoms with E-state index in [-0.39, 0.29) is 27.9 Å². The van der Waals surface area contributed by atoms with Gasteiger partial charge in [-0.3, -0.25) is 19.5 Å². The van der Waals surface area contributed by atoms with Gasteiger partial charge in [0, 0.05) is 12.3 Å². The van der Waals surface area contributed by atoms with Crippen LogP contribution in [0.25, 0.3) is 16.8 Å². The minimum Gasteiger partial charge on any atom is -0.507 e. The summed E-state index contributed by atoms with van der Waals surface area (Å²) in [7, 11) is 2.85. The van der Waals surface area contributed by atoms with Gasteiger partial charge in [-0.25, -0.2) is 4.98 Å². The SMILES string of the molecule is COc1cc(OC)c(/C(O)=C2\C(=O)C(=O)N(c3nc4ccccc4[nH]3)C2c2ccccn2)cc1Cl. The molecule has 0 spiro atoms. The van der Waals surface area contributed by atoms with Crippen molar-refractivity contribution in [2.24, 2.45) is 0 Å². The molecule has 10 heteroatoms. The summed E-state index contributed by atoms with van der Waals surface area (Å²) in [6.45, 7) is 0. The van der Waals surface area contributed by atoms with Gasteiger partial charge >= 0.3 is 5.91 Å². The number of methoxy groups -OCH3 is 2. The second kappa shape index (κ2) is 8.77. The number of anilines is 1. The normalized spacial score (nSPS) is 17.2. The Hall–Kier alpha value is -4.37. The molecule has 9 nitrogen and oxygen atoms in total. The molecular weight excluding hydrogens is 472 g/mol. The van der Waals surface area contributed by atoms with E-state index in [1.165, 1.54) is 31.3 Å². The van der Waals surface area contributed by atoms with Crippen LogP contribution >= 0.6 is 11.6 Å². The third-order valence-corrected chi connectivity index (χ3v) is 6.04. The number of nitrogens with zero attached hydrogens (tertiary/aromatic N) is 3. The first-order chi connectivity index (χ1) is 16.9. The number of carbonyl (C=O) groups is 2. The maximum Gasteiger partial charge on any atom is 0.302 e. The number of hydrogen-bond donors (Lipinski definition) is 2. The molecule has 1 aliphatic rings. The van der Waals surface area contributed by atoms with Crippen molar-refractivity contribution in [2.45, 2.75) is 6.04 Å². The molecule has 35 heavy (non-hydrogen) atoms. The number of benzene rings is 2. The zero-order valence-corrected chi connectivity index (χ0v) is 19.4. The van der Waals surface area contributed by atoms with Gasteiger partial charge in [-0.2, -0.15) is 0 Å². The number of aromatic amines is 1. The van der Waals surface area contributed by atoms with Crippen molar-refractivity contribution >= 4 is 46.0 Å². The number of amides is 1. The number of fused-ring (bicyclic) bond motifs is 1. The maximum absolute atomic E-state index is 13.3. The van der Waals surface area contributed by atoms with Crippen LogP contribution in [0.3, 0.4) is 0 Å². The van der Waals surface area contributed by atoms with Gasteiger partial charge in [0.2, 0.25) is 5.95 Å². The number of pyridine rings is 1. The van der Waals surface area contributed by atoms with Gasteiger partial charge in [-0.1, -0.05) is 29.8 Å². The molecule has 0 aliphatic carbocycles. The first kappa shape index (κ1) is 22.4. The van der Waals surface area contributed by atoms with E-state index in [2.05, 4.69) is 15.0 Å². The third kappa shape index (κ3) is 3.66. The van der Waals surface area contributed by atoms with Crippen LogP contribution in [0, 0.1) is 0 Å². The molecule has 0 bridgehead atoms. The molecule has 1 unspecified atom stereocenters. The van der Waals surface area contributed by atoms with Crippen molar-refractivity contribution in [3.8, 4) is 11.5 Å². The average molecular weight is 491 g/mol. The summed E-state index contributed by atoms with van der Waals surface area (Å²) in [4.78, 5) is 39.8. The fraction of sp³-hybridized carbons (Fsp3) is 0.120. The number of hydrogen-bond acceptors (Lipinski definition) is 7. The van der Waals surface area contributed by atoms with Crippen LogP contribution in [0.15, 0.2) is 66.4 Å². The number of Topliss-reactive ketones (excluding diaryl/α,β-unsaturated/α-hetero) is 1. The van der Waals surface area contributed by atoms with Crippen molar-refractivity contribution in [1.82, 2.24) is 15.0 Å². The summed E-state index contributed by atoms with van der Waals surface area (Å²) in [5, 5.41) is 11.6. The van der Waals surface area contributed by atoms with Crippen LogP contribution in [0.2, 0.25) is 5.02 Å². The molecular formula is C25H19ClN4O5. The number of para-hydroxylation sites is 2. The molecule has 176 valence electrons. The van der Waals surface area contributed by atoms with E-state index >= 15 is 0 Å². The molecule has 2 N–H and O–H groups in total. The van der Waals surface area contributed by atoms with E-state index in [1.54, 1.807) is 30.5 Å². The van der Waals surface area contributed by atoms with E-state index in [1.807, 2.05) is 18.2 Å². The maximum atomic E-state index is 13.3. The summed E-state index contributed by atoms with van der Waals surface area (Å²) in [6, 6.07) is 14.2. The number of H-pyrrole nitrogens is 1. The molecule has 1 saturated heterocycles. The van der Waals surface area contributed by atoms with Gasteiger partial charge in [-0.15, -0.1) is 0 Å². The largest absolute Gasteiger partial charge is 0.507 e. The molecule has 5 rings (SSSR count). The lowest BCUT2D eigenvalue weighted by atomic mass is 9.98. The lowest BCUT2D eigenvalue weighted by Crippen LogP contribution is -2.30. The van der Waals surface area contributed by atoms with Gasteiger partial charge < -0.3 is 19.6 Å². The first-order valence-electron chi connectivity index (χ1n) is 10.5. The van der Waals surface area contributed by atoms with E-state index in [4.69, 9.17) is 21.1 Å². The fourth-order valence-corrected chi connectivity index (χ4v) is 4.35. The van der Waals surface area contributed by atoms with E-state index in [0.29, 0.717) is 22.5 Å². The van der Waals surface area contributed by atoms with E-state index in [0.717, 1.165) is 0 Å². The Morgan fingerprint density at radius 1 is 1.06 bits per heavy atom. The van der Waals surface area contributed by atoms with Crippen LogP contribution in [-0.2, 0) is 9.59 Å². The van der Waals surface area contributed by atoms with Gasteiger partial charge in [-0.05, 0) is 30.3 Å². The van der Waals surface area contributed by atoms with Crippen LogP contribution in [0.1, 0.15) is 17.3 Å². The van der Waals surface area contributed by atoms with Crippen LogP contribution in [0.4, 0.5) is 5.95 Å². The van der Waals surface area contributed by atoms with Crippen molar-refractivity contribution in [1.29, 1.82) is 0 Å². The molecule has 4 aromatic rings. The number of aliphatic hydroxyl groups excluding tert-OH is 1. The van der Waals surface area contributed by atoms with Crippen molar-refractivity contribution < 1.29 is 24.2 Å². The Morgan fingerprint density at radius 2 is 1.80 bits per heavy atom. The quantitative estimate of drug-likeness (QED) is 0.244. The van der Waals surface area contributed by atoms with Gasteiger partial charge in [0.1, 0.15) is 23.3 Å². The third-order valence-electron chi connectivity index (χ3n) is 5.75. The first-order valence-corrected chi connectivity index (χ1v) is 10.9. The zero-order valence-electron chi connectivity index (χ0n) is 18.7. The fourth-order valence-electron chi connectivity index (χ4n) is 4.11. The second-order valence-electron chi connectivity index (χ2n) is 7.69. The number of halogens is 1. The number of imidazole rings is 1. The number of aromatic nitrogens is 3. The van der Waals surface area contributed by atoms with Gasteiger partial charge in [0.15, 0.2) is 0 Å². The summed E-state index contributed by atoms with van der Waals surface area (Å²) in [5.41, 5.74) is 1.63. The predicted octanol–water partition coefficient (Wildman–Crippen LogP) is 4.25. The standard InChI is InChI=1S/C25H19ClN4O5/c1-34-18-12-19(35-2)14(26)11-13(18)22(31)20-21(17-9-5-6-10-27-17)30(24(33)23(20)32)25-28-15-7-3-4-8-16(15)29-25/h3-12,21,31H,1-2H3,(H,28,29)/b22-20+. The summed E-state index contributed by atoms with van der Waals surface area (Å²) in [6.07, 6.45) is 1.54. The Bertz CT molecular complexity index is 1470. The highest BCUT2D eigenvalue weighted by molar-refractivity contribution is 6.51. The molecule has 2 aromatic heterocycles. The molecule has 1 aliphatic heterocycles. The van der Waals surface area contributed by atoms with Crippen LogP contribution in [-0.4, -0.2) is 46.0 Å². The Labute approximate surface area is 204 Å². The number of nitrogens with one attached hydrogen (secondary N) is 1. The highest BCUT2D eigenvalue weighted by Gasteiger charge is 2.49. The van der Waals surface area contributed by atoms with E-state index < -0.39 is 23.5 Å². The topological polar surface area (TPSA) is 118 Å². The number of ketones is 1. The second-order valence-corrected chi connectivity index (χ2v) is 8.10. The van der Waals surface area contributed by atoms with Crippen LogP contribution in [0.5, 0.6) is 11.5 Å². The smallest absolute Gasteiger partial charge is 0.302 e. The highest BCUT2D eigenvalue weighted by Crippen LogP contribution is 2.43.